The molecule has 5 nitrogen and oxygen atoms in total. The third-order valence-electron chi connectivity index (χ3n) is 6.71. The number of benzene rings is 2. The maximum absolute atomic E-state index is 13.4. The van der Waals surface area contributed by atoms with Crippen LogP contribution in [0.2, 0.25) is 0 Å². The minimum absolute atomic E-state index is 0.0577. The number of carbonyl (C=O) groups is 1. The molecule has 2 heterocycles. The van der Waals surface area contributed by atoms with Gasteiger partial charge >= 0.3 is 0 Å². The molecule has 0 aliphatic heterocycles. The van der Waals surface area contributed by atoms with Gasteiger partial charge in [0.25, 0.3) is 5.91 Å². The Labute approximate surface area is 209 Å². The molecule has 7 heteroatoms. The zero-order valence-electron chi connectivity index (χ0n) is 18.2. The average Bonchev–Trinajstić information content (AvgIpc) is 3.25. The van der Waals surface area contributed by atoms with Crippen molar-refractivity contribution in [3.8, 4) is 11.3 Å². The molecule has 0 spiro atoms. The van der Waals surface area contributed by atoms with Crippen LogP contribution in [-0.4, -0.2) is 29.0 Å². The van der Waals surface area contributed by atoms with Crippen LogP contribution in [0.15, 0.2) is 57.6 Å². The molecular formula is C26H26Br2N4O. The number of nitrogens with one attached hydrogen (secondary N) is 2. The Morgan fingerprint density at radius 3 is 2.64 bits per heavy atom. The van der Waals surface area contributed by atoms with Gasteiger partial charge in [0.1, 0.15) is 0 Å². The third-order valence-corrected chi connectivity index (χ3v) is 7.70. The Morgan fingerprint density at radius 2 is 1.82 bits per heavy atom. The Bertz CT molecular complexity index is 1330. The summed E-state index contributed by atoms with van der Waals surface area (Å²) in [5.74, 6) is 1.00. The lowest BCUT2D eigenvalue weighted by Crippen LogP contribution is -2.33. The van der Waals surface area contributed by atoms with Gasteiger partial charge in [-0.15, -0.1) is 0 Å². The first-order valence-electron chi connectivity index (χ1n) is 11.4. The molecule has 2 atom stereocenters. The van der Waals surface area contributed by atoms with Gasteiger partial charge < -0.3 is 16.0 Å². The molecule has 4 aromatic rings. The molecule has 1 saturated carbocycles. The van der Waals surface area contributed by atoms with Crippen LogP contribution in [0.25, 0.3) is 33.1 Å². The lowest BCUT2D eigenvalue weighted by atomic mass is 9.81. The predicted octanol–water partition coefficient (Wildman–Crippen LogP) is 6.40. The smallest absolute Gasteiger partial charge is 0.252 e. The van der Waals surface area contributed by atoms with Gasteiger partial charge in [-0.3, -0.25) is 4.79 Å². The number of halogens is 2. The van der Waals surface area contributed by atoms with E-state index in [0.717, 1.165) is 61.4 Å². The highest BCUT2D eigenvalue weighted by molar-refractivity contribution is 9.10. The van der Waals surface area contributed by atoms with Crippen LogP contribution in [-0.2, 0) is 0 Å². The van der Waals surface area contributed by atoms with Crippen LogP contribution >= 0.6 is 31.9 Å². The lowest BCUT2D eigenvalue weighted by Gasteiger charge is -2.28. The molecule has 5 rings (SSSR count). The number of carbonyl (C=O) groups excluding carboxylic acids is 1. The summed E-state index contributed by atoms with van der Waals surface area (Å²) in [5.41, 5.74) is 10.1. The second-order valence-electron chi connectivity index (χ2n) is 8.95. The second-order valence-corrected chi connectivity index (χ2v) is 10.8. The quantitative estimate of drug-likeness (QED) is 0.260. The van der Waals surface area contributed by atoms with Gasteiger partial charge in [-0.2, -0.15) is 0 Å². The number of H-pyrrole nitrogens is 1. The Morgan fingerprint density at radius 1 is 1.06 bits per heavy atom. The number of nitrogens with two attached hydrogens (primary N) is 1. The first kappa shape index (κ1) is 22.6. The van der Waals surface area contributed by atoms with Crippen molar-refractivity contribution < 1.29 is 4.79 Å². The van der Waals surface area contributed by atoms with Crippen LogP contribution in [0.4, 0.5) is 0 Å². The topological polar surface area (TPSA) is 83.8 Å². The number of rotatable bonds is 5. The summed E-state index contributed by atoms with van der Waals surface area (Å²) in [6.07, 6.45) is 6.59. The van der Waals surface area contributed by atoms with Crippen molar-refractivity contribution in [1.82, 2.24) is 15.3 Å². The molecule has 33 heavy (non-hydrogen) atoms. The predicted molar refractivity (Wildman–Crippen MR) is 141 cm³/mol. The lowest BCUT2D eigenvalue weighted by molar-refractivity contribution is 0.0942. The van der Waals surface area contributed by atoms with Crippen molar-refractivity contribution in [3.05, 3.63) is 63.2 Å². The highest BCUT2D eigenvalue weighted by atomic mass is 79.9. The van der Waals surface area contributed by atoms with E-state index in [1.54, 1.807) is 0 Å². The first-order valence-corrected chi connectivity index (χ1v) is 13.0. The number of aromatic amines is 1. The van der Waals surface area contributed by atoms with Gasteiger partial charge in [0, 0.05) is 43.5 Å². The van der Waals surface area contributed by atoms with Crippen LogP contribution in [0.3, 0.4) is 0 Å². The van der Waals surface area contributed by atoms with E-state index < -0.39 is 0 Å². The number of hydrogen-bond acceptors (Lipinski definition) is 3. The molecule has 2 aromatic heterocycles. The number of fused-ring (bicyclic) bond motifs is 2. The Hall–Kier alpha value is -2.22. The summed E-state index contributed by atoms with van der Waals surface area (Å²) >= 11 is 7.11. The van der Waals surface area contributed by atoms with E-state index in [1.165, 1.54) is 12.8 Å². The Balaban J connectivity index is 1.51. The molecule has 0 radical (unpaired) electrons. The normalized spacial score (nSPS) is 18.6. The number of pyridine rings is 1. The number of amides is 1. The highest BCUT2D eigenvalue weighted by Crippen LogP contribution is 2.33. The standard InChI is InChI=1S/C26H26Br2N4O/c27-17-4-6-23-20(10-17)22(14-30-23)25-11-21(19-9-18(28)5-7-24(19)32-25)26(33)31-13-16-3-1-2-15(8-16)12-29/h4-7,9-11,14-16,30H,1-3,8,12-13,29H2,(H,31,33). The van der Waals surface area contributed by atoms with Crippen molar-refractivity contribution in [1.29, 1.82) is 0 Å². The van der Waals surface area contributed by atoms with E-state index in [1.807, 2.05) is 42.6 Å². The van der Waals surface area contributed by atoms with Gasteiger partial charge in [-0.1, -0.05) is 38.3 Å². The molecule has 1 amide bonds. The van der Waals surface area contributed by atoms with Gasteiger partial charge in [-0.05, 0) is 80.1 Å². The van der Waals surface area contributed by atoms with Crippen molar-refractivity contribution in [2.24, 2.45) is 17.6 Å². The fourth-order valence-corrected chi connectivity index (χ4v) is 5.68. The van der Waals surface area contributed by atoms with Crippen molar-refractivity contribution in [2.75, 3.05) is 13.1 Å². The fourth-order valence-electron chi connectivity index (χ4n) is 4.96. The monoisotopic (exact) mass is 568 g/mol. The third kappa shape index (κ3) is 4.72. The summed E-state index contributed by atoms with van der Waals surface area (Å²) in [5, 5.41) is 5.11. The van der Waals surface area contributed by atoms with Crippen LogP contribution < -0.4 is 11.1 Å². The van der Waals surface area contributed by atoms with E-state index in [0.29, 0.717) is 23.9 Å². The zero-order chi connectivity index (χ0) is 22.9. The average molecular weight is 570 g/mol. The molecular weight excluding hydrogens is 544 g/mol. The molecule has 0 saturated heterocycles. The van der Waals surface area contributed by atoms with Gasteiger partial charge in [0.15, 0.2) is 0 Å². The maximum Gasteiger partial charge on any atom is 0.252 e. The molecule has 2 aromatic carbocycles. The SMILES string of the molecule is NCC1CCCC(CNC(=O)c2cc(-c3c[nH]c4ccc(Br)cc34)nc3ccc(Br)cc23)C1. The summed E-state index contributed by atoms with van der Waals surface area (Å²) in [6.45, 7) is 1.42. The first-order chi connectivity index (χ1) is 16.0. The summed E-state index contributed by atoms with van der Waals surface area (Å²) in [7, 11) is 0. The van der Waals surface area contributed by atoms with E-state index in [2.05, 4.69) is 48.2 Å². The van der Waals surface area contributed by atoms with Gasteiger partial charge in [0.2, 0.25) is 0 Å². The van der Waals surface area contributed by atoms with Crippen LogP contribution in [0.5, 0.6) is 0 Å². The highest BCUT2D eigenvalue weighted by Gasteiger charge is 2.22. The maximum atomic E-state index is 13.4. The van der Waals surface area contributed by atoms with Gasteiger partial charge in [0.05, 0.1) is 16.8 Å². The van der Waals surface area contributed by atoms with Gasteiger partial charge in [-0.25, -0.2) is 4.98 Å². The molecule has 1 aliphatic carbocycles. The van der Waals surface area contributed by atoms with Crippen molar-refractivity contribution in [3.63, 3.8) is 0 Å². The number of hydrogen-bond donors (Lipinski definition) is 3. The summed E-state index contributed by atoms with van der Waals surface area (Å²) in [4.78, 5) is 21.6. The molecule has 170 valence electrons. The van der Waals surface area contributed by atoms with Crippen LogP contribution in [0.1, 0.15) is 36.0 Å². The molecule has 1 fully saturated rings. The minimum atomic E-state index is -0.0577. The van der Waals surface area contributed by atoms with Crippen molar-refractivity contribution >= 4 is 59.6 Å². The fraction of sp³-hybridized carbons (Fsp3) is 0.308. The van der Waals surface area contributed by atoms with Crippen molar-refractivity contribution in [2.45, 2.75) is 25.7 Å². The number of nitrogens with zero attached hydrogens (tertiary/aromatic N) is 1. The minimum Gasteiger partial charge on any atom is -0.360 e. The second kappa shape index (κ2) is 9.57. The van der Waals surface area contributed by atoms with E-state index in [-0.39, 0.29) is 5.91 Å². The molecule has 1 aliphatic rings. The number of aromatic nitrogens is 2. The summed E-state index contributed by atoms with van der Waals surface area (Å²) in [6, 6.07) is 13.9. The summed E-state index contributed by atoms with van der Waals surface area (Å²) < 4.78 is 1.93. The largest absolute Gasteiger partial charge is 0.360 e. The molecule has 2 unspecified atom stereocenters. The Kier molecular flexibility index (Phi) is 6.54. The van der Waals surface area contributed by atoms with Crippen LogP contribution in [0, 0.1) is 11.8 Å². The van der Waals surface area contributed by atoms with E-state index in [9.17, 15) is 4.79 Å². The van der Waals surface area contributed by atoms with E-state index >= 15 is 0 Å². The zero-order valence-corrected chi connectivity index (χ0v) is 21.4. The van der Waals surface area contributed by atoms with E-state index in [4.69, 9.17) is 10.7 Å². The molecule has 4 N–H and O–H groups in total. The molecule has 0 bridgehead atoms.